The van der Waals surface area contributed by atoms with Crippen molar-refractivity contribution < 1.29 is 14.3 Å². The molecule has 2 aliphatic heterocycles. The molecule has 0 saturated carbocycles. The number of carbonyl (C=O) groups excluding carboxylic acids is 2. The first-order chi connectivity index (χ1) is 14.5. The molecule has 2 aromatic rings. The lowest BCUT2D eigenvalue weighted by Gasteiger charge is -2.47. The summed E-state index contributed by atoms with van der Waals surface area (Å²) in [5.41, 5.74) is 3.04. The van der Waals surface area contributed by atoms with Gasteiger partial charge in [-0.2, -0.15) is 0 Å². The second-order valence-electron chi connectivity index (χ2n) is 9.00. The van der Waals surface area contributed by atoms with Gasteiger partial charge < -0.3 is 9.64 Å². The summed E-state index contributed by atoms with van der Waals surface area (Å²) in [6.45, 7) is 4.61. The van der Waals surface area contributed by atoms with Gasteiger partial charge in [-0.3, -0.25) is 4.79 Å². The van der Waals surface area contributed by atoms with E-state index in [4.69, 9.17) is 4.74 Å². The van der Waals surface area contributed by atoms with Gasteiger partial charge in [-0.25, -0.2) is 4.79 Å². The van der Waals surface area contributed by atoms with Crippen LogP contribution in [-0.4, -0.2) is 28.9 Å². The normalized spacial score (nSPS) is 23.3. The van der Waals surface area contributed by atoms with Crippen LogP contribution in [0.15, 0.2) is 54.6 Å². The molecular formula is C26H31NO3. The third-order valence-electron chi connectivity index (χ3n) is 6.62. The van der Waals surface area contributed by atoms with Crippen LogP contribution in [0.5, 0.6) is 0 Å². The zero-order valence-electron chi connectivity index (χ0n) is 17.9. The number of hydrogen-bond acceptors (Lipinski definition) is 3. The summed E-state index contributed by atoms with van der Waals surface area (Å²) in [6, 6.07) is 18.0. The van der Waals surface area contributed by atoms with Gasteiger partial charge in [0.2, 0.25) is 0 Å². The molecule has 2 unspecified atom stereocenters. The highest BCUT2D eigenvalue weighted by Gasteiger charge is 2.43. The van der Waals surface area contributed by atoms with Gasteiger partial charge in [-0.1, -0.05) is 68.4 Å². The second kappa shape index (κ2) is 9.03. The average molecular weight is 406 g/mol. The minimum absolute atomic E-state index is 0.0108. The highest BCUT2D eigenvalue weighted by Crippen LogP contribution is 2.39. The van der Waals surface area contributed by atoms with E-state index in [-0.39, 0.29) is 29.9 Å². The SMILES string of the molecule is CC(C)c1ccc(C(=O)C2CC3CCCC(C2)N3C(=O)OCc2ccccc2)cc1. The first-order valence-corrected chi connectivity index (χ1v) is 11.2. The van der Waals surface area contributed by atoms with E-state index in [1.165, 1.54) is 5.56 Å². The van der Waals surface area contributed by atoms with E-state index in [1.807, 2.05) is 47.4 Å². The van der Waals surface area contributed by atoms with Crippen molar-refractivity contribution in [3.8, 4) is 0 Å². The lowest BCUT2D eigenvalue weighted by molar-refractivity contribution is 0.00473. The molecule has 4 rings (SSSR count). The number of piperidine rings is 2. The topological polar surface area (TPSA) is 46.6 Å². The summed E-state index contributed by atoms with van der Waals surface area (Å²) < 4.78 is 5.62. The summed E-state index contributed by atoms with van der Waals surface area (Å²) in [5.74, 6) is 0.668. The zero-order valence-corrected chi connectivity index (χ0v) is 17.9. The van der Waals surface area contributed by atoms with Crippen LogP contribution in [0.4, 0.5) is 4.79 Å². The van der Waals surface area contributed by atoms with E-state index in [2.05, 4.69) is 26.0 Å². The van der Waals surface area contributed by atoms with Gasteiger partial charge in [-0.15, -0.1) is 0 Å². The van der Waals surface area contributed by atoms with Crippen LogP contribution in [0.2, 0.25) is 0 Å². The van der Waals surface area contributed by atoms with Gasteiger partial charge in [0.1, 0.15) is 6.61 Å². The monoisotopic (exact) mass is 405 g/mol. The molecule has 0 aliphatic carbocycles. The molecule has 2 atom stereocenters. The third-order valence-corrected chi connectivity index (χ3v) is 6.62. The number of rotatable bonds is 5. The Morgan fingerprint density at radius 2 is 1.60 bits per heavy atom. The molecular weight excluding hydrogens is 374 g/mol. The minimum atomic E-state index is -0.235. The largest absolute Gasteiger partial charge is 0.445 e. The molecule has 0 spiro atoms. The maximum absolute atomic E-state index is 13.2. The van der Waals surface area contributed by atoms with E-state index in [9.17, 15) is 9.59 Å². The molecule has 4 nitrogen and oxygen atoms in total. The first-order valence-electron chi connectivity index (χ1n) is 11.2. The number of hydrogen-bond donors (Lipinski definition) is 0. The lowest BCUT2D eigenvalue weighted by atomic mass is 9.76. The number of benzene rings is 2. The standard InChI is InChI=1S/C26H31NO3/c1-18(2)20-11-13-21(14-12-20)25(28)22-15-23-9-6-10-24(16-22)27(23)26(29)30-17-19-7-4-3-5-8-19/h3-5,7-8,11-14,18,22-24H,6,9-10,15-17H2,1-2H3. The lowest BCUT2D eigenvalue weighted by Crippen LogP contribution is -2.55. The van der Waals surface area contributed by atoms with Crippen molar-refractivity contribution in [3.63, 3.8) is 0 Å². The maximum Gasteiger partial charge on any atom is 0.410 e. The van der Waals surface area contributed by atoms with Gasteiger partial charge >= 0.3 is 6.09 Å². The molecule has 0 aromatic heterocycles. The Labute approximate surface area is 179 Å². The summed E-state index contributed by atoms with van der Waals surface area (Å²) in [4.78, 5) is 27.9. The van der Waals surface area contributed by atoms with Gasteiger partial charge in [0.15, 0.2) is 5.78 Å². The number of carbonyl (C=O) groups is 2. The molecule has 2 aliphatic rings. The molecule has 2 fully saturated rings. The predicted octanol–water partition coefficient (Wildman–Crippen LogP) is 5.96. The Balaban J connectivity index is 1.41. The fourth-order valence-electron chi connectivity index (χ4n) is 4.96. The Bertz CT molecular complexity index is 861. The molecule has 0 N–H and O–H groups in total. The van der Waals surface area contributed by atoms with Crippen molar-refractivity contribution in [2.24, 2.45) is 5.92 Å². The number of nitrogens with zero attached hydrogens (tertiary/aromatic N) is 1. The molecule has 158 valence electrons. The third kappa shape index (κ3) is 4.43. The fourth-order valence-corrected chi connectivity index (χ4v) is 4.96. The molecule has 2 saturated heterocycles. The quantitative estimate of drug-likeness (QED) is 0.576. The number of fused-ring (bicyclic) bond motifs is 2. The molecule has 30 heavy (non-hydrogen) atoms. The summed E-state index contributed by atoms with van der Waals surface area (Å²) >= 11 is 0. The molecule has 1 amide bonds. The molecule has 2 bridgehead atoms. The fraction of sp³-hybridized carbons (Fsp3) is 0.462. The molecule has 2 heterocycles. The molecule has 4 heteroatoms. The first kappa shape index (κ1) is 20.6. The predicted molar refractivity (Wildman–Crippen MR) is 117 cm³/mol. The Hall–Kier alpha value is -2.62. The summed E-state index contributed by atoms with van der Waals surface area (Å²) in [7, 11) is 0. The van der Waals surface area contributed by atoms with E-state index < -0.39 is 0 Å². The minimum Gasteiger partial charge on any atom is -0.445 e. The van der Waals surface area contributed by atoms with E-state index >= 15 is 0 Å². The van der Waals surface area contributed by atoms with Crippen molar-refractivity contribution in [1.29, 1.82) is 0 Å². The molecule has 0 radical (unpaired) electrons. The van der Waals surface area contributed by atoms with Gasteiger partial charge in [0, 0.05) is 23.6 Å². The Kier molecular flexibility index (Phi) is 6.21. The van der Waals surface area contributed by atoms with Crippen molar-refractivity contribution in [3.05, 3.63) is 71.3 Å². The number of ketones is 1. The van der Waals surface area contributed by atoms with Crippen LogP contribution in [0.25, 0.3) is 0 Å². The summed E-state index contributed by atoms with van der Waals surface area (Å²) in [6.07, 6.45) is 4.26. The van der Waals surface area contributed by atoms with Gasteiger partial charge in [-0.05, 0) is 49.1 Å². The molecule has 2 aromatic carbocycles. The Morgan fingerprint density at radius 1 is 0.967 bits per heavy atom. The van der Waals surface area contributed by atoms with E-state index in [0.717, 1.165) is 43.2 Å². The van der Waals surface area contributed by atoms with Crippen LogP contribution in [0.1, 0.15) is 73.4 Å². The Morgan fingerprint density at radius 3 is 2.20 bits per heavy atom. The van der Waals surface area contributed by atoms with Crippen LogP contribution in [0.3, 0.4) is 0 Å². The van der Waals surface area contributed by atoms with E-state index in [0.29, 0.717) is 12.5 Å². The van der Waals surface area contributed by atoms with Crippen molar-refractivity contribution in [1.82, 2.24) is 4.90 Å². The number of ether oxygens (including phenoxy) is 1. The average Bonchev–Trinajstić information content (AvgIpc) is 2.77. The van der Waals surface area contributed by atoms with Crippen molar-refractivity contribution in [2.45, 2.75) is 70.6 Å². The van der Waals surface area contributed by atoms with Crippen molar-refractivity contribution in [2.75, 3.05) is 0 Å². The van der Waals surface area contributed by atoms with E-state index in [1.54, 1.807) is 0 Å². The van der Waals surface area contributed by atoms with Crippen LogP contribution in [0, 0.1) is 5.92 Å². The highest BCUT2D eigenvalue weighted by molar-refractivity contribution is 5.98. The van der Waals surface area contributed by atoms with Crippen molar-refractivity contribution >= 4 is 11.9 Å². The van der Waals surface area contributed by atoms with Gasteiger partial charge in [0.05, 0.1) is 0 Å². The smallest absolute Gasteiger partial charge is 0.410 e. The van der Waals surface area contributed by atoms with Crippen LogP contribution < -0.4 is 0 Å². The number of amides is 1. The maximum atomic E-state index is 13.2. The zero-order chi connectivity index (χ0) is 21.1. The number of Topliss-reactive ketones (excluding diaryl/α,β-unsaturated/α-hetero) is 1. The summed E-state index contributed by atoms with van der Waals surface area (Å²) in [5, 5.41) is 0. The van der Waals surface area contributed by atoms with Crippen LogP contribution >= 0.6 is 0 Å². The second-order valence-corrected chi connectivity index (χ2v) is 9.00. The highest BCUT2D eigenvalue weighted by atomic mass is 16.6. The van der Waals surface area contributed by atoms with Crippen LogP contribution in [-0.2, 0) is 11.3 Å². The van der Waals surface area contributed by atoms with Gasteiger partial charge in [0.25, 0.3) is 0 Å².